The van der Waals surface area contributed by atoms with Crippen molar-refractivity contribution in [3.8, 4) is 5.75 Å². The Labute approximate surface area is 165 Å². The highest BCUT2D eigenvalue weighted by atomic mass is 35.5. The van der Waals surface area contributed by atoms with E-state index in [0.29, 0.717) is 18.6 Å². The lowest BCUT2D eigenvalue weighted by molar-refractivity contribution is 0.300. The van der Waals surface area contributed by atoms with Gasteiger partial charge < -0.3 is 10.1 Å². The predicted molar refractivity (Wildman–Crippen MR) is 109 cm³/mol. The monoisotopic (exact) mass is 378 g/mol. The maximum absolute atomic E-state index is 6.25. The summed E-state index contributed by atoms with van der Waals surface area (Å²) in [6.07, 6.45) is 6.16. The van der Waals surface area contributed by atoms with Crippen molar-refractivity contribution in [3.05, 3.63) is 94.8 Å². The third-order valence-electron chi connectivity index (χ3n) is 4.90. The van der Waals surface area contributed by atoms with E-state index < -0.39 is 0 Å². The fourth-order valence-electron chi connectivity index (χ4n) is 3.34. The Hall–Kier alpha value is -2.36. The van der Waals surface area contributed by atoms with Gasteiger partial charge in [0.1, 0.15) is 12.4 Å². The van der Waals surface area contributed by atoms with E-state index in [-0.39, 0.29) is 0 Å². The van der Waals surface area contributed by atoms with Crippen molar-refractivity contribution in [1.29, 1.82) is 0 Å². The molecule has 3 nitrogen and oxygen atoms in total. The number of hydrogen-bond acceptors (Lipinski definition) is 3. The van der Waals surface area contributed by atoms with Crippen molar-refractivity contribution in [2.24, 2.45) is 5.92 Å². The molecule has 1 saturated carbocycles. The fraction of sp³-hybridized carbons (Fsp3) is 0.261. The molecule has 1 heterocycles. The molecule has 0 saturated heterocycles. The summed E-state index contributed by atoms with van der Waals surface area (Å²) < 4.78 is 6.05. The van der Waals surface area contributed by atoms with Crippen LogP contribution < -0.4 is 10.1 Å². The molecular formula is C23H23ClN2O. The van der Waals surface area contributed by atoms with Gasteiger partial charge in [-0.3, -0.25) is 4.98 Å². The minimum atomic E-state index is 0.372. The molecule has 2 aromatic carbocycles. The minimum absolute atomic E-state index is 0.372. The summed E-state index contributed by atoms with van der Waals surface area (Å²) in [7, 11) is 0. The highest BCUT2D eigenvalue weighted by Gasteiger charge is 2.31. The Morgan fingerprint density at radius 2 is 1.93 bits per heavy atom. The zero-order valence-corrected chi connectivity index (χ0v) is 15.9. The zero-order valence-electron chi connectivity index (χ0n) is 15.1. The molecule has 0 amide bonds. The number of rotatable bonds is 8. The van der Waals surface area contributed by atoms with Gasteiger partial charge in [-0.25, -0.2) is 0 Å². The molecule has 1 aromatic heterocycles. The fourth-order valence-corrected chi connectivity index (χ4v) is 3.53. The minimum Gasteiger partial charge on any atom is -0.489 e. The normalized spacial score (nSPS) is 14.7. The van der Waals surface area contributed by atoms with Crippen molar-refractivity contribution < 1.29 is 4.74 Å². The summed E-state index contributed by atoms with van der Waals surface area (Å²) >= 11 is 6.25. The van der Waals surface area contributed by atoms with E-state index in [4.69, 9.17) is 16.3 Å². The Kier molecular flexibility index (Phi) is 5.71. The van der Waals surface area contributed by atoms with Gasteiger partial charge in [0.2, 0.25) is 0 Å². The third-order valence-corrected chi connectivity index (χ3v) is 5.14. The smallest absolute Gasteiger partial charge is 0.124 e. The molecule has 138 valence electrons. The summed E-state index contributed by atoms with van der Waals surface area (Å²) in [5.74, 6) is 1.57. The van der Waals surface area contributed by atoms with Crippen molar-refractivity contribution in [3.63, 3.8) is 0 Å². The first kappa shape index (κ1) is 18.0. The second-order valence-electron chi connectivity index (χ2n) is 7.01. The van der Waals surface area contributed by atoms with Gasteiger partial charge in [-0.2, -0.15) is 0 Å². The van der Waals surface area contributed by atoms with Crippen LogP contribution in [0.25, 0.3) is 0 Å². The average Bonchev–Trinajstić information content (AvgIpc) is 3.54. The van der Waals surface area contributed by atoms with E-state index in [0.717, 1.165) is 28.4 Å². The molecule has 0 spiro atoms. The average molecular weight is 379 g/mol. The van der Waals surface area contributed by atoms with E-state index in [1.54, 1.807) is 6.20 Å². The van der Waals surface area contributed by atoms with Crippen LogP contribution in [0.1, 0.15) is 35.6 Å². The molecular weight excluding hydrogens is 356 g/mol. The van der Waals surface area contributed by atoms with E-state index in [9.17, 15) is 0 Å². The van der Waals surface area contributed by atoms with Crippen LogP contribution in [0.15, 0.2) is 73.1 Å². The Morgan fingerprint density at radius 3 is 2.67 bits per heavy atom. The van der Waals surface area contributed by atoms with Gasteiger partial charge in [-0.05, 0) is 48.6 Å². The van der Waals surface area contributed by atoms with E-state index >= 15 is 0 Å². The Morgan fingerprint density at radius 1 is 1.07 bits per heavy atom. The molecule has 0 radical (unpaired) electrons. The van der Waals surface area contributed by atoms with Crippen LogP contribution in [0.5, 0.6) is 5.75 Å². The second-order valence-corrected chi connectivity index (χ2v) is 7.45. The first-order valence-corrected chi connectivity index (χ1v) is 9.76. The van der Waals surface area contributed by atoms with Gasteiger partial charge in [0.25, 0.3) is 0 Å². The van der Waals surface area contributed by atoms with Gasteiger partial charge in [-0.15, -0.1) is 0 Å². The molecule has 4 rings (SSSR count). The van der Waals surface area contributed by atoms with Crippen molar-refractivity contribution in [1.82, 2.24) is 10.3 Å². The molecule has 4 heteroatoms. The molecule has 1 atom stereocenters. The molecule has 1 fully saturated rings. The highest BCUT2D eigenvalue weighted by molar-refractivity contribution is 6.30. The molecule has 0 bridgehead atoms. The largest absolute Gasteiger partial charge is 0.489 e. The summed E-state index contributed by atoms with van der Waals surface area (Å²) in [6, 6.07) is 20.8. The van der Waals surface area contributed by atoms with Gasteiger partial charge >= 0.3 is 0 Å². The molecule has 1 unspecified atom stereocenters. The Bertz CT molecular complexity index is 866. The maximum Gasteiger partial charge on any atom is 0.124 e. The molecule has 3 aromatic rings. The van der Waals surface area contributed by atoms with Crippen LogP contribution in [-0.4, -0.2) is 4.98 Å². The molecule has 1 aliphatic rings. The lowest BCUT2D eigenvalue weighted by atomic mass is 10.0. The second kappa shape index (κ2) is 8.55. The van der Waals surface area contributed by atoms with E-state index in [1.165, 1.54) is 18.4 Å². The summed E-state index contributed by atoms with van der Waals surface area (Å²) in [5.41, 5.74) is 3.47. The number of hydrogen-bond donors (Lipinski definition) is 1. The van der Waals surface area contributed by atoms with Crippen LogP contribution in [0, 0.1) is 5.92 Å². The molecule has 27 heavy (non-hydrogen) atoms. The van der Waals surface area contributed by atoms with E-state index in [1.807, 2.05) is 36.5 Å². The van der Waals surface area contributed by atoms with Gasteiger partial charge in [0.15, 0.2) is 0 Å². The summed E-state index contributed by atoms with van der Waals surface area (Å²) in [5, 5.41) is 4.45. The lowest BCUT2D eigenvalue weighted by Gasteiger charge is -2.20. The number of nitrogens with zero attached hydrogens (tertiary/aromatic N) is 1. The number of ether oxygens (including phenoxy) is 1. The lowest BCUT2D eigenvalue weighted by Crippen LogP contribution is -2.23. The van der Waals surface area contributed by atoms with Gasteiger partial charge in [0.05, 0.1) is 0 Å². The maximum atomic E-state index is 6.25. The molecule has 0 aliphatic heterocycles. The number of halogens is 1. The third kappa shape index (κ3) is 4.88. The van der Waals surface area contributed by atoms with Crippen LogP contribution in [0.4, 0.5) is 0 Å². The first-order chi connectivity index (χ1) is 13.3. The van der Waals surface area contributed by atoms with Crippen LogP contribution in [0.2, 0.25) is 5.02 Å². The zero-order chi connectivity index (χ0) is 18.5. The summed E-state index contributed by atoms with van der Waals surface area (Å²) in [6.45, 7) is 1.21. The SMILES string of the molecule is Clc1ccc(OCc2cccnc2)c(CNC(c2ccccc2)C2CC2)c1. The van der Waals surface area contributed by atoms with Crippen LogP contribution >= 0.6 is 11.6 Å². The topological polar surface area (TPSA) is 34.1 Å². The van der Waals surface area contributed by atoms with Gasteiger partial charge in [0, 0.05) is 41.1 Å². The Balaban J connectivity index is 1.46. The van der Waals surface area contributed by atoms with E-state index in [2.05, 4.69) is 40.6 Å². The number of aromatic nitrogens is 1. The van der Waals surface area contributed by atoms with Crippen molar-refractivity contribution in [2.75, 3.05) is 0 Å². The predicted octanol–water partition coefficient (Wildman–Crippen LogP) is 5.55. The molecule has 1 N–H and O–H groups in total. The quantitative estimate of drug-likeness (QED) is 0.557. The standard InChI is InChI=1S/C23H23ClN2O/c24-21-10-11-22(27-16-17-5-4-12-25-14-17)20(13-21)15-26-23(19-8-9-19)18-6-2-1-3-7-18/h1-7,10-14,19,23,26H,8-9,15-16H2. The molecule has 1 aliphatic carbocycles. The highest BCUT2D eigenvalue weighted by Crippen LogP contribution is 2.41. The first-order valence-electron chi connectivity index (χ1n) is 9.38. The van der Waals surface area contributed by atoms with Crippen molar-refractivity contribution in [2.45, 2.75) is 32.0 Å². The van der Waals surface area contributed by atoms with Crippen LogP contribution in [0.3, 0.4) is 0 Å². The van der Waals surface area contributed by atoms with Gasteiger partial charge in [-0.1, -0.05) is 48.0 Å². The number of nitrogens with one attached hydrogen (secondary N) is 1. The van der Waals surface area contributed by atoms with Crippen molar-refractivity contribution >= 4 is 11.6 Å². The summed E-state index contributed by atoms with van der Waals surface area (Å²) in [4.78, 5) is 4.14. The van der Waals surface area contributed by atoms with Crippen LogP contribution in [-0.2, 0) is 13.2 Å². The number of benzene rings is 2. The number of pyridine rings is 1.